The van der Waals surface area contributed by atoms with E-state index in [9.17, 15) is 9.59 Å². The van der Waals surface area contributed by atoms with Gasteiger partial charge in [0.05, 0.1) is 0 Å². The van der Waals surface area contributed by atoms with E-state index in [0.29, 0.717) is 11.3 Å². The molecule has 0 aromatic carbocycles. The number of fused-ring (bicyclic) bond motifs is 1. The van der Waals surface area contributed by atoms with Crippen molar-refractivity contribution in [1.82, 2.24) is 4.90 Å². The lowest BCUT2D eigenvalue weighted by molar-refractivity contribution is -0.144. The zero-order valence-electron chi connectivity index (χ0n) is 8.25. The Morgan fingerprint density at radius 1 is 1.75 bits per heavy atom. The van der Waals surface area contributed by atoms with E-state index in [1.165, 1.54) is 22.7 Å². The number of carboxylic acid groups (broad SMARTS) is 1. The lowest BCUT2D eigenvalue weighted by Crippen LogP contribution is -2.68. The summed E-state index contributed by atoms with van der Waals surface area (Å²) in [5.74, 6) is 0.250. The van der Waals surface area contributed by atoms with Crippen LogP contribution in [0.1, 0.15) is 0 Å². The summed E-state index contributed by atoms with van der Waals surface area (Å²) in [6.07, 6.45) is 0.0341. The highest BCUT2D eigenvalue weighted by molar-refractivity contribution is 8.00. The maximum atomic E-state index is 11.5. The van der Waals surface area contributed by atoms with E-state index in [2.05, 4.69) is 11.3 Å². The summed E-state index contributed by atoms with van der Waals surface area (Å²) < 4.78 is 4.61. The van der Waals surface area contributed by atoms with Crippen LogP contribution in [0.25, 0.3) is 0 Å². The Balaban J connectivity index is 2.32. The first-order valence-corrected chi connectivity index (χ1v) is 5.57. The quantitative estimate of drug-likeness (QED) is 0.535. The minimum Gasteiger partial charge on any atom is -0.449 e. The zero-order chi connectivity index (χ0) is 11.9. The van der Waals surface area contributed by atoms with Gasteiger partial charge in [-0.3, -0.25) is 9.69 Å². The van der Waals surface area contributed by atoms with Crippen LogP contribution in [0.4, 0.5) is 4.79 Å². The highest BCUT2D eigenvalue weighted by Gasteiger charge is 2.51. The molecule has 1 fully saturated rings. The van der Waals surface area contributed by atoms with Crippen molar-refractivity contribution in [2.24, 2.45) is 5.73 Å². The van der Waals surface area contributed by atoms with Gasteiger partial charge in [-0.15, -0.1) is 11.8 Å². The number of β-lactam (4-membered cyclic amide) rings is 1. The second kappa shape index (κ2) is 3.84. The fraction of sp³-hybridized carbons (Fsp3) is 0.333. The predicted octanol–water partition coefficient (Wildman–Crippen LogP) is 0.321. The smallest absolute Gasteiger partial charge is 0.449 e. The van der Waals surface area contributed by atoms with Crippen LogP contribution in [-0.2, 0) is 9.53 Å². The van der Waals surface area contributed by atoms with Crippen LogP contribution in [-0.4, -0.2) is 39.2 Å². The third-order valence-electron chi connectivity index (χ3n) is 2.42. The van der Waals surface area contributed by atoms with Gasteiger partial charge < -0.3 is 15.6 Å². The largest absolute Gasteiger partial charge is 0.512 e. The number of allylic oxidation sites excluding steroid dienone is 1. The first kappa shape index (κ1) is 11.0. The Bertz CT molecular complexity index is 406. The summed E-state index contributed by atoms with van der Waals surface area (Å²) >= 11 is 1.47. The third kappa shape index (κ3) is 1.48. The molecule has 16 heavy (non-hydrogen) atoms. The average Bonchev–Trinajstić information content (AvgIpc) is 2.26. The van der Waals surface area contributed by atoms with E-state index in [0.717, 1.165) is 0 Å². The number of ether oxygens (including phenoxy) is 1. The number of amides is 1. The molecule has 0 aliphatic carbocycles. The molecule has 3 N–H and O–H groups in total. The number of thioether (sulfide) groups is 1. The van der Waals surface area contributed by atoms with Crippen molar-refractivity contribution >= 4 is 23.8 Å². The molecule has 0 radical (unpaired) electrons. The Kier molecular flexibility index (Phi) is 2.64. The maximum Gasteiger partial charge on any atom is 0.512 e. The number of carbonyl (C=O) groups excluding carboxylic acids is 1. The number of carbonyl (C=O) groups is 2. The summed E-state index contributed by atoms with van der Waals surface area (Å²) in [5.41, 5.74) is 6.18. The molecule has 2 aliphatic rings. The molecular formula is C9H10N2O4S. The Morgan fingerprint density at radius 2 is 2.44 bits per heavy atom. The molecule has 0 saturated carbocycles. The molecule has 2 aliphatic heterocycles. The summed E-state index contributed by atoms with van der Waals surface area (Å²) in [6.45, 7) is 3.56. The summed E-state index contributed by atoms with van der Waals surface area (Å²) in [7, 11) is 0. The van der Waals surface area contributed by atoms with Crippen LogP contribution >= 0.6 is 11.8 Å². The van der Waals surface area contributed by atoms with Crippen molar-refractivity contribution in [1.29, 1.82) is 0 Å². The highest BCUT2D eigenvalue weighted by atomic mass is 32.2. The van der Waals surface area contributed by atoms with Gasteiger partial charge in [-0.2, -0.15) is 0 Å². The monoisotopic (exact) mass is 242 g/mol. The first-order valence-electron chi connectivity index (χ1n) is 4.53. The van der Waals surface area contributed by atoms with Crippen LogP contribution in [0.2, 0.25) is 0 Å². The lowest BCUT2D eigenvalue weighted by Gasteiger charge is -2.47. The van der Waals surface area contributed by atoms with Crippen molar-refractivity contribution in [2.75, 3.05) is 5.75 Å². The third-order valence-corrected chi connectivity index (χ3v) is 3.74. The molecule has 1 saturated heterocycles. The number of nitrogens with zero attached hydrogens (tertiary/aromatic N) is 1. The second-order valence-electron chi connectivity index (χ2n) is 3.34. The van der Waals surface area contributed by atoms with E-state index >= 15 is 0 Å². The molecule has 0 aromatic rings. The van der Waals surface area contributed by atoms with Crippen molar-refractivity contribution in [3.8, 4) is 0 Å². The topological polar surface area (TPSA) is 92.9 Å². The van der Waals surface area contributed by atoms with Gasteiger partial charge in [0.15, 0.2) is 0 Å². The number of hydrogen-bond acceptors (Lipinski definition) is 5. The maximum absolute atomic E-state index is 11.5. The van der Waals surface area contributed by atoms with E-state index in [4.69, 9.17) is 10.8 Å². The molecule has 0 spiro atoms. The molecule has 7 heteroatoms. The Labute approximate surface area is 95.7 Å². The fourth-order valence-electron chi connectivity index (χ4n) is 1.62. The van der Waals surface area contributed by atoms with Crippen molar-refractivity contribution < 1.29 is 19.4 Å². The molecule has 1 amide bonds. The SMILES string of the molecule is C=CC1=C(OC(=O)O)N2C(=O)C(N)[C@@H]2SC1. The molecule has 2 rings (SSSR count). The van der Waals surface area contributed by atoms with E-state index in [1.807, 2.05) is 0 Å². The van der Waals surface area contributed by atoms with Gasteiger partial charge in [0.1, 0.15) is 11.4 Å². The Hall–Kier alpha value is -1.47. The molecular weight excluding hydrogens is 232 g/mol. The minimum absolute atomic E-state index is 0.0398. The normalized spacial score (nSPS) is 28.3. The fourth-order valence-corrected chi connectivity index (χ4v) is 2.88. The van der Waals surface area contributed by atoms with E-state index in [-0.39, 0.29) is 17.2 Å². The number of rotatable bonds is 2. The number of hydrogen-bond donors (Lipinski definition) is 2. The van der Waals surface area contributed by atoms with Crippen LogP contribution in [0.5, 0.6) is 0 Å². The van der Waals surface area contributed by atoms with Gasteiger partial charge in [-0.1, -0.05) is 12.7 Å². The van der Waals surface area contributed by atoms with Gasteiger partial charge >= 0.3 is 6.16 Å². The van der Waals surface area contributed by atoms with Crippen molar-refractivity contribution in [2.45, 2.75) is 11.4 Å². The van der Waals surface area contributed by atoms with Gasteiger partial charge in [-0.25, -0.2) is 4.79 Å². The molecule has 0 aromatic heterocycles. The van der Waals surface area contributed by atoms with Gasteiger partial charge in [0, 0.05) is 11.3 Å². The standard InChI is InChI=1S/C9H10N2O4S/c1-2-4-3-16-8-5(10)6(12)11(8)7(4)15-9(13)14/h2,5,8H,1,3,10H2,(H,13,14)/t5?,8-/m0/s1. The predicted molar refractivity (Wildman–Crippen MR) is 57.4 cm³/mol. The summed E-state index contributed by atoms with van der Waals surface area (Å²) in [4.78, 5) is 23.3. The minimum atomic E-state index is -1.45. The second-order valence-corrected chi connectivity index (χ2v) is 4.44. The molecule has 0 bridgehead atoms. The van der Waals surface area contributed by atoms with Gasteiger partial charge in [0.25, 0.3) is 0 Å². The van der Waals surface area contributed by atoms with Crippen LogP contribution in [0, 0.1) is 0 Å². The van der Waals surface area contributed by atoms with E-state index in [1.54, 1.807) is 0 Å². The average molecular weight is 242 g/mol. The van der Waals surface area contributed by atoms with Gasteiger partial charge in [0.2, 0.25) is 11.8 Å². The molecule has 6 nitrogen and oxygen atoms in total. The number of nitrogens with two attached hydrogens (primary N) is 1. The Morgan fingerprint density at radius 3 is 3.00 bits per heavy atom. The lowest BCUT2D eigenvalue weighted by atomic mass is 10.1. The molecule has 1 unspecified atom stereocenters. The van der Waals surface area contributed by atoms with Crippen LogP contribution in [0.3, 0.4) is 0 Å². The molecule has 2 heterocycles. The zero-order valence-corrected chi connectivity index (χ0v) is 9.07. The first-order chi connectivity index (χ1) is 7.56. The molecule has 86 valence electrons. The molecule has 2 atom stereocenters. The van der Waals surface area contributed by atoms with Gasteiger partial charge in [-0.05, 0) is 0 Å². The summed E-state index contributed by atoms with van der Waals surface area (Å²) in [6, 6.07) is -0.580. The summed E-state index contributed by atoms with van der Waals surface area (Å²) in [5, 5.41) is 8.36. The van der Waals surface area contributed by atoms with Crippen molar-refractivity contribution in [3.63, 3.8) is 0 Å². The highest BCUT2D eigenvalue weighted by Crippen LogP contribution is 2.39. The van der Waals surface area contributed by atoms with Crippen molar-refractivity contribution in [3.05, 3.63) is 24.1 Å². The van der Waals surface area contributed by atoms with Crippen LogP contribution < -0.4 is 5.73 Å². The van der Waals surface area contributed by atoms with E-state index < -0.39 is 12.2 Å². The van der Waals surface area contributed by atoms with Crippen LogP contribution in [0.15, 0.2) is 24.1 Å².